The van der Waals surface area contributed by atoms with Gasteiger partial charge in [0.2, 0.25) is 5.91 Å². The summed E-state index contributed by atoms with van der Waals surface area (Å²) < 4.78 is 14.8. The number of aromatic nitrogens is 4. The van der Waals surface area contributed by atoms with Crippen molar-refractivity contribution in [3.63, 3.8) is 0 Å². The molecule has 0 radical (unpaired) electrons. The fourth-order valence-corrected chi connectivity index (χ4v) is 4.61. The van der Waals surface area contributed by atoms with E-state index >= 15 is 0 Å². The van der Waals surface area contributed by atoms with Crippen molar-refractivity contribution in [3.8, 4) is 0 Å². The third kappa shape index (κ3) is 4.00. The molecule has 5 rings (SSSR count). The largest absolute Gasteiger partial charge is 0.381 e. The topological polar surface area (TPSA) is 125 Å². The van der Waals surface area contributed by atoms with Gasteiger partial charge in [-0.15, -0.1) is 0 Å². The molecule has 3 N–H and O–H groups in total. The van der Waals surface area contributed by atoms with Crippen LogP contribution in [0.5, 0.6) is 0 Å². The van der Waals surface area contributed by atoms with Crippen LogP contribution >= 0.6 is 0 Å². The summed E-state index contributed by atoms with van der Waals surface area (Å²) in [4.78, 5) is 40.2. The number of nitrogens with one attached hydrogen (secondary N) is 1. The van der Waals surface area contributed by atoms with Crippen LogP contribution in [-0.4, -0.2) is 87.0 Å². The average molecular weight is 468 g/mol. The molecule has 178 valence electrons. The molecule has 34 heavy (non-hydrogen) atoms. The number of carbonyl (C=O) groups is 2. The minimum Gasteiger partial charge on any atom is -0.381 e. The molecule has 0 bridgehead atoms. The summed E-state index contributed by atoms with van der Waals surface area (Å²) in [5, 5.41) is 6.85. The summed E-state index contributed by atoms with van der Waals surface area (Å²) in [6, 6.07) is 1.81. The maximum Gasteiger partial charge on any atom is 0.261 e. The summed E-state index contributed by atoms with van der Waals surface area (Å²) in [5.41, 5.74) is 7.22. The fourth-order valence-electron chi connectivity index (χ4n) is 4.61. The zero-order chi connectivity index (χ0) is 23.8. The number of hydrogen-bond acceptors (Lipinski definition) is 8. The number of pyridine rings is 1. The molecule has 2 saturated heterocycles. The van der Waals surface area contributed by atoms with Gasteiger partial charge in [-0.25, -0.2) is 13.9 Å². The Bertz CT molecular complexity index is 1240. The van der Waals surface area contributed by atoms with Gasteiger partial charge in [0.1, 0.15) is 5.56 Å². The van der Waals surface area contributed by atoms with Crippen molar-refractivity contribution in [3.05, 3.63) is 42.2 Å². The summed E-state index contributed by atoms with van der Waals surface area (Å²) in [6.07, 6.45) is 7.59. The lowest BCUT2D eigenvalue weighted by molar-refractivity contribution is -0.135. The molecule has 0 aromatic carbocycles. The molecule has 5 heterocycles. The first-order chi connectivity index (χ1) is 16.4. The molecule has 3 aromatic heterocycles. The van der Waals surface area contributed by atoms with Crippen molar-refractivity contribution in [2.75, 3.05) is 55.7 Å². The fraction of sp³-hybridized carbons (Fsp3) is 0.409. The molecular formula is C22H26FN9O2. The standard InChI is InChI=1S/C22H26FN9O2/c1-29-6-2-3-18(29)22(34)31-9-7-30(8-10-31)17-4-5-25-12-16(17)27-21(33)14-11-26-32-13-15(23)19(24)28-20(14)32/h4-5,11-13,18H,2-3,6-10H2,1H3,(H2,24,28)(H,27,33). The van der Waals surface area contributed by atoms with E-state index < -0.39 is 11.7 Å². The number of rotatable bonds is 4. The number of amides is 2. The number of nitrogens with zero attached hydrogens (tertiary/aromatic N) is 7. The van der Waals surface area contributed by atoms with E-state index in [1.54, 1.807) is 12.4 Å². The second-order valence-corrected chi connectivity index (χ2v) is 8.60. The number of carbonyl (C=O) groups excluding carboxylic acids is 2. The van der Waals surface area contributed by atoms with Gasteiger partial charge in [0.15, 0.2) is 17.3 Å². The van der Waals surface area contributed by atoms with Crippen LogP contribution in [0.3, 0.4) is 0 Å². The second-order valence-electron chi connectivity index (χ2n) is 8.60. The highest BCUT2D eigenvalue weighted by Crippen LogP contribution is 2.27. The normalized spacial score (nSPS) is 19.1. The van der Waals surface area contributed by atoms with Crippen LogP contribution in [-0.2, 0) is 4.79 Å². The minimum absolute atomic E-state index is 0.0238. The Labute approximate surface area is 195 Å². The van der Waals surface area contributed by atoms with Crippen molar-refractivity contribution in [1.82, 2.24) is 29.4 Å². The van der Waals surface area contributed by atoms with Crippen molar-refractivity contribution in [2.24, 2.45) is 0 Å². The van der Waals surface area contributed by atoms with Crippen LogP contribution in [0.2, 0.25) is 0 Å². The van der Waals surface area contributed by atoms with Crippen LogP contribution in [0.25, 0.3) is 5.65 Å². The summed E-state index contributed by atoms with van der Waals surface area (Å²) in [6.45, 7) is 3.47. The number of anilines is 3. The first kappa shape index (κ1) is 22.0. The first-order valence-electron chi connectivity index (χ1n) is 11.2. The zero-order valence-electron chi connectivity index (χ0n) is 18.8. The summed E-state index contributed by atoms with van der Waals surface area (Å²) in [5.74, 6) is -1.28. The van der Waals surface area contributed by atoms with E-state index in [4.69, 9.17) is 5.73 Å². The van der Waals surface area contributed by atoms with E-state index in [9.17, 15) is 14.0 Å². The Hall–Kier alpha value is -3.80. The molecule has 0 saturated carbocycles. The van der Waals surface area contributed by atoms with Crippen LogP contribution in [0, 0.1) is 5.82 Å². The molecular weight excluding hydrogens is 441 g/mol. The molecule has 2 amide bonds. The SMILES string of the molecule is CN1CCCC1C(=O)N1CCN(c2ccncc2NC(=O)c2cnn3cc(F)c(N)nc23)CC1. The van der Waals surface area contributed by atoms with E-state index in [0.29, 0.717) is 31.9 Å². The van der Waals surface area contributed by atoms with Crippen molar-refractivity contribution in [2.45, 2.75) is 18.9 Å². The quantitative estimate of drug-likeness (QED) is 0.578. The molecule has 0 spiro atoms. The Balaban J connectivity index is 1.29. The van der Waals surface area contributed by atoms with E-state index in [0.717, 1.165) is 31.3 Å². The molecule has 1 atom stereocenters. The molecule has 12 heteroatoms. The van der Waals surface area contributed by atoms with E-state index in [1.807, 2.05) is 18.0 Å². The molecule has 0 aliphatic carbocycles. The molecule has 1 unspecified atom stereocenters. The maximum atomic E-state index is 13.7. The van der Waals surface area contributed by atoms with Gasteiger partial charge in [0.25, 0.3) is 5.91 Å². The van der Waals surface area contributed by atoms with Crippen LogP contribution in [0.15, 0.2) is 30.9 Å². The number of hydrogen-bond donors (Lipinski definition) is 2. The lowest BCUT2D eigenvalue weighted by Crippen LogP contribution is -2.53. The maximum absolute atomic E-state index is 13.7. The number of piperazine rings is 1. The summed E-state index contributed by atoms with van der Waals surface area (Å²) in [7, 11) is 2.00. The Morgan fingerprint density at radius 2 is 1.97 bits per heavy atom. The lowest BCUT2D eigenvalue weighted by Gasteiger charge is -2.38. The monoisotopic (exact) mass is 467 g/mol. The third-order valence-corrected chi connectivity index (χ3v) is 6.50. The van der Waals surface area contributed by atoms with Crippen molar-refractivity contribution < 1.29 is 14.0 Å². The molecule has 2 fully saturated rings. The van der Waals surface area contributed by atoms with Gasteiger partial charge in [0.05, 0.1) is 36.0 Å². The van der Waals surface area contributed by atoms with Gasteiger partial charge in [-0.2, -0.15) is 5.10 Å². The highest BCUT2D eigenvalue weighted by molar-refractivity contribution is 6.09. The molecule has 3 aromatic rings. The Morgan fingerprint density at radius 1 is 1.18 bits per heavy atom. The third-order valence-electron chi connectivity index (χ3n) is 6.50. The number of nitrogen functional groups attached to an aromatic ring is 1. The Kier molecular flexibility index (Phi) is 5.74. The van der Waals surface area contributed by atoms with Crippen LogP contribution in [0.1, 0.15) is 23.2 Å². The van der Waals surface area contributed by atoms with E-state index in [-0.39, 0.29) is 29.0 Å². The number of likely N-dealkylation sites (N-methyl/N-ethyl adjacent to an activating group) is 1. The Morgan fingerprint density at radius 3 is 2.71 bits per heavy atom. The van der Waals surface area contributed by atoms with Crippen molar-refractivity contribution >= 4 is 34.7 Å². The lowest BCUT2D eigenvalue weighted by atomic mass is 10.1. The highest BCUT2D eigenvalue weighted by atomic mass is 19.1. The number of nitrogens with two attached hydrogens (primary N) is 1. The van der Waals surface area contributed by atoms with Crippen LogP contribution < -0.4 is 16.0 Å². The second kappa shape index (κ2) is 8.86. The highest BCUT2D eigenvalue weighted by Gasteiger charge is 2.33. The summed E-state index contributed by atoms with van der Waals surface area (Å²) >= 11 is 0. The van der Waals surface area contributed by atoms with Gasteiger partial charge in [-0.1, -0.05) is 0 Å². The van der Waals surface area contributed by atoms with Gasteiger partial charge < -0.3 is 20.9 Å². The van der Waals surface area contributed by atoms with Gasteiger partial charge >= 0.3 is 0 Å². The first-order valence-corrected chi connectivity index (χ1v) is 11.2. The number of fused-ring (bicyclic) bond motifs is 1. The number of likely N-dealkylation sites (tertiary alicyclic amines) is 1. The zero-order valence-corrected chi connectivity index (χ0v) is 18.8. The average Bonchev–Trinajstić information content (AvgIpc) is 3.45. The smallest absolute Gasteiger partial charge is 0.261 e. The predicted octanol–water partition coefficient (Wildman–Crippen LogP) is 0.841. The molecule has 11 nitrogen and oxygen atoms in total. The number of halogens is 1. The predicted molar refractivity (Wildman–Crippen MR) is 124 cm³/mol. The molecule has 2 aliphatic heterocycles. The van der Waals surface area contributed by atoms with E-state index in [2.05, 4.69) is 30.2 Å². The van der Waals surface area contributed by atoms with Gasteiger partial charge in [0, 0.05) is 32.4 Å². The van der Waals surface area contributed by atoms with Gasteiger partial charge in [-0.05, 0) is 32.5 Å². The van der Waals surface area contributed by atoms with Crippen LogP contribution in [0.4, 0.5) is 21.6 Å². The van der Waals surface area contributed by atoms with Gasteiger partial charge in [-0.3, -0.25) is 19.5 Å². The van der Waals surface area contributed by atoms with Crippen molar-refractivity contribution in [1.29, 1.82) is 0 Å². The van der Waals surface area contributed by atoms with E-state index in [1.165, 1.54) is 10.7 Å². The molecule has 2 aliphatic rings. The minimum atomic E-state index is -0.714.